The SMILES string of the molecule is CC(C)(OCc1ccc(F)cc1)C(N)=O. The minimum absolute atomic E-state index is 0.232. The Kier molecular flexibility index (Phi) is 3.42. The molecule has 0 heterocycles. The minimum Gasteiger partial charge on any atom is -0.367 e. The third-order valence-electron chi connectivity index (χ3n) is 2.11. The van der Waals surface area contributed by atoms with E-state index in [2.05, 4.69) is 0 Å². The molecular formula is C11H14FNO2. The molecule has 0 radical (unpaired) electrons. The van der Waals surface area contributed by atoms with E-state index in [0.29, 0.717) is 0 Å². The second-order valence-corrected chi connectivity index (χ2v) is 3.79. The van der Waals surface area contributed by atoms with Crippen LogP contribution < -0.4 is 5.73 Å². The highest BCUT2D eigenvalue weighted by Gasteiger charge is 2.25. The van der Waals surface area contributed by atoms with Crippen LogP contribution in [0.1, 0.15) is 19.4 Å². The van der Waals surface area contributed by atoms with Crippen LogP contribution in [0.5, 0.6) is 0 Å². The van der Waals surface area contributed by atoms with Crippen molar-refractivity contribution >= 4 is 5.91 Å². The van der Waals surface area contributed by atoms with Gasteiger partial charge in [-0.25, -0.2) is 4.39 Å². The number of amides is 1. The molecule has 0 unspecified atom stereocenters. The van der Waals surface area contributed by atoms with Crippen LogP contribution in [0.25, 0.3) is 0 Å². The first kappa shape index (κ1) is 11.7. The Bertz CT molecular complexity index is 346. The molecule has 0 saturated carbocycles. The average Bonchev–Trinajstić information content (AvgIpc) is 2.17. The Morgan fingerprint density at radius 2 is 1.93 bits per heavy atom. The molecule has 0 aliphatic heterocycles. The molecule has 0 bridgehead atoms. The van der Waals surface area contributed by atoms with E-state index in [1.165, 1.54) is 12.1 Å². The Morgan fingerprint density at radius 3 is 2.40 bits per heavy atom. The number of carbonyl (C=O) groups excluding carboxylic acids is 1. The first-order valence-electron chi connectivity index (χ1n) is 4.60. The highest BCUT2D eigenvalue weighted by molar-refractivity contribution is 5.82. The number of rotatable bonds is 4. The quantitative estimate of drug-likeness (QED) is 0.822. The van der Waals surface area contributed by atoms with Gasteiger partial charge in [0.15, 0.2) is 0 Å². The molecule has 0 saturated heterocycles. The molecule has 2 N–H and O–H groups in total. The van der Waals surface area contributed by atoms with Crippen molar-refractivity contribution in [1.82, 2.24) is 0 Å². The fourth-order valence-corrected chi connectivity index (χ4v) is 0.916. The molecule has 1 rings (SSSR count). The molecule has 0 aliphatic carbocycles. The lowest BCUT2D eigenvalue weighted by atomic mass is 10.1. The molecule has 3 nitrogen and oxygen atoms in total. The fourth-order valence-electron chi connectivity index (χ4n) is 0.916. The Hall–Kier alpha value is -1.42. The van der Waals surface area contributed by atoms with Crippen molar-refractivity contribution in [2.45, 2.75) is 26.1 Å². The van der Waals surface area contributed by atoms with Crippen LogP contribution in [0.15, 0.2) is 24.3 Å². The summed E-state index contributed by atoms with van der Waals surface area (Å²) in [6.07, 6.45) is 0. The number of primary amides is 1. The molecule has 0 fully saturated rings. The van der Waals surface area contributed by atoms with Crippen molar-refractivity contribution in [2.75, 3.05) is 0 Å². The molecule has 15 heavy (non-hydrogen) atoms. The largest absolute Gasteiger partial charge is 0.367 e. The maximum Gasteiger partial charge on any atom is 0.249 e. The van der Waals surface area contributed by atoms with Gasteiger partial charge in [0.2, 0.25) is 5.91 Å². The van der Waals surface area contributed by atoms with Gasteiger partial charge in [-0.3, -0.25) is 4.79 Å². The van der Waals surface area contributed by atoms with Gasteiger partial charge in [-0.15, -0.1) is 0 Å². The zero-order valence-electron chi connectivity index (χ0n) is 8.79. The number of carbonyl (C=O) groups is 1. The number of halogens is 1. The van der Waals surface area contributed by atoms with Crippen molar-refractivity contribution < 1.29 is 13.9 Å². The predicted octanol–water partition coefficient (Wildman–Crippen LogP) is 1.61. The normalized spacial score (nSPS) is 11.4. The van der Waals surface area contributed by atoms with Crippen molar-refractivity contribution in [2.24, 2.45) is 5.73 Å². The van der Waals surface area contributed by atoms with Gasteiger partial charge in [-0.05, 0) is 31.5 Å². The van der Waals surface area contributed by atoms with E-state index >= 15 is 0 Å². The maximum atomic E-state index is 12.6. The van der Waals surface area contributed by atoms with Gasteiger partial charge in [0.1, 0.15) is 11.4 Å². The molecule has 0 aliphatic rings. The Morgan fingerprint density at radius 1 is 1.40 bits per heavy atom. The van der Waals surface area contributed by atoms with Crippen LogP contribution in [0.3, 0.4) is 0 Å². The molecule has 4 heteroatoms. The second-order valence-electron chi connectivity index (χ2n) is 3.79. The van der Waals surface area contributed by atoms with E-state index in [1.807, 2.05) is 0 Å². The van der Waals surface area contributed by atoms with Gasteiger partial charge in [0.05, 0.1) is 6.61 Å². The summed E-state index contributed by atoms with van der Waals surface area (Å²) in [6, 6.07) is 5.89. The summed E-state index contributed by atoms with van der Waals surface area (Å²) >= 11 is 0. The molecule has 0 aromatic heterocycles. The van der Waals surface area contributed by atoms with Crippen LogP contribution in [-0.4, -0.2) is 11.5 Å². The maximum absolute atomic E-state index is 12.6. The van der Waals surface area contributed by atoms with Crippen LogP contribution in [0.4, 0.5) is 4.39 Å². The lowest BCUT2D eigenvalue weighted by molar-refractivity contribution is -0.140. The first-order valence-corrected chi connectivity index (χ1v) is 4.60. The van der Waals surface area contributed by atoms with Gasteiger partial charge in [0, 0.05) is 0 Å². The summed E-state index contributed by atoms with van der Waals surface area (Å²) in [5.74, 6) is -0.822. The van der Waals surface area contributed by atoms with Crippen molar-refractivity contribution in [3.8, 4) is 0 Å². The van der Waals surface area contributed by atoms with Crippen molar-refractivity contribution in [1.29, 1.82) is 0 Å². The lowest BCUT2D eigenvalue weighted by Gasteiger charge is -2.21. The zero-order chi connectivity index (χ0) is 11.5. The lowest BCUT2D eigenvalue weighted by Crippen LogP contribution is -2.40. The number of nitrogens with two attached hydrogens (primary N) is 1. The number of ether oxygens (including phenoxy) is 1. The summed E-state index contributed by atoms with van der Waals surface area (Å²) in [6.45, 7) is 3.42. The van der Waals surface area contributed by atoms with E-state index in [1.54, 1.807) is 26.0 Å². The third-order valence-corrected chi connectivity index (χ3v) is 2.11. The molecule has 1 amide bonds. The Labute approximate surface area is 88.0 Å². The fraction of sp³-hybridized carbons (Fsp3) is 0.364. The summed E-state index contributed by atoms with van der Waals surface area (Å²) in [5, 5.41) is 0. The van der Waals surface area contributed by atoms with E-state index < -0.39 is 11.5 Å². The summed E-state index contributed by atoms with van der Waals surface area (Å²) < 4.78 is 17.9. The predicted molar refractivity (Wildman–Crippen MR) is 54.5 cm³/mol. The van der Waals surface area contributed by atoms with Crippen LogP contribution in [0, 0.1) is 5.82 Å². The van der Waals surface area contributed by atoms with Crippen LogP contribution >= 0.6 is 0 Å². The Balaban J connectivity index is 2.57. The van der Waals surface area contributed by atoms with Crippen LogP contribution in [-0.2, 0) is 16.1 Å². The third kappa shape index (κ3) is 3.32. The van der Waals surface area contributed by atoms with E-state index in [0.717, 1.165) is 5.56 Å². The molecule has 1 aromatic carbocycles. The zero-order valence-corrected chi connectivity index (χ0v) is 8.79. The number of benzene rings is 1. The van der Waals surface area contributed by atoms with Gasteiger partial charge in [-0.2, -0.15) is 0 Å². The topological polar surface area (TPSA) is 52.3 Å². The standard InChI is InChI=1S/C11H14FNO2/c1-11(2,10(13)14)15-7-8-3-5-9(12)6-4-8/h3-6H,7H2,1-2H3,(H2,13,14). The second kappa shape index (κ2) is 4.40. The highest BCUT2D eigenvalue weighted by atomic mass is 19.1. The van der Waals surface area contributed by atoms with Gasteiger partial charge < -0.3 is 10.5 Å². The highest BCUT2D eigenvalue weighted by Crippen LogP contribution is 2.12. The summed E-state index contributed by atoms with van der Waals surface area (Å²) in [7, 11) is 0. The van der Waals surface area contributed by atoms with Gasteiger partial charge >= 0.3 is 0 Å². The van der Waals surface area contributed by atoms with E-state index in [-0.39, 0.29) is 12.4 Å². The molecular weight excluding hydrogens is 197 g/mol. The van der Waals surface area contributed by atoms with E-state index in [4.69, 9.17) is 10.5 Å². The van der Waals surface area contributed by atoms with Gasteiger partial charge in [0.25, 0.3) is 0 Å². The summed E-state index contributed by atoms with van der Waals surface area (Å²) in [4.78, 5) is 10.9. The van der Waals surface area contributed by atoms with Crippen molar-refractivity contribution in [3.05, 3.63) is 35.6 Å². The monoisotopic (exact) mass is 211 g/mol. The minimum atomic E-state index is -1.01. The van der Waals surface area contributed by atoms with Crippen molar-refractivity contribution in [3.63, 3.8) is 0 Å². The van der Waals surface area contributed by atoms with Crippen LogP contribution in [0.2, 0.25) is 0 Å². The average molecular weight is 211 g/mol. The summed E-state index contributed by atoms with van der Waals surface area (Å²) in [5.41, 5.74) is 4.93. The molecule has 1 aromatic rings. The number of hydrogen-bond acceptors (Lipinski definition) is 2. The molecule has 0 spiro atoms. The molecule has 0 atom stereocenters. The molecule has 82 valence electrons. The first-order chi connectivity index (χ1) is 6.92. The number of hydrogen-bond donors (Lipinski definition) is 1. The van der Waals surface area contributed by atoms with Gasteiger partial charge in [-0.1, -0.05) is 12.1 Å². The smallest absolute Gasteiger partial charge is 0.249 e. The van der Waals surface area contributed by atoms with E-state index in [9.17, 15) is 9.18 Å².